The van der Waals surface area contributed by atoms with Gasteiger partial charge in [-0.25, -0.2) is 0 Å². The predicted octanol–water partition coefficient (Wildman–Crippen LogP) is 1.81. The highest BCUT2D eigenvalue weighted by Gasteiger charge is 2.67. The molecule has 1 aliphatic carbocycles. The molecular weight excluding hydrogens is 244 g/mol. The fourth-order valence-corrected chi connectivity index (χ4v) is 4.47. The van der Waals surface area contributed by atoms with Crippen LogP contribution < -0.4 is 5.73 Å². The minimum Gasteiger partial charge on any atom is -0.377 e. The summed E-state index contributed by atoms with van der Waals surface area (Å²) < 4.78 is 5.85. The Kier molecular flexibility index (Phi) is 4.04. The van der Waals surface area contributed by atoms with Crippen molar-refractivity contribution >= 4 is 11.8 Å². The van der Waals surface area contributed by atoms with E-state index in [1.165, 1.54) is 0 Å². The predicted molar refractivity (Wildman–Crippen MR) is 79.0 cm³/mol. The van der Waals surface area contributed by atoms with Crippen LogP contribution in [0.25, 0.3) is 0 Å². The van der Waals surface area contributed by atoms with E-state index in [0.29, 0.717) is 18.1 Å². The average molecular weight is 272 g/mol. The molecule has 1 heterocycles. The number of thioether (sulfide) groups is 1. The SMILES string of the molecule is CSCC(C)N(C)CC1(N)C2CCOC2C1(C)C. The molecule has 106 valence electrons. The Morgan fingerprint density at radius 2 is 2.17 bits per heavy atom. The lowest BCUT2D eigenvalue weighted by Crippen LogP contribution is -2.78. The molecule has 2 fully saturated rings. The largest absolute Gasteiger partial charge is 0.377 e. The van der Waals surface area contributed by atoms with E-state index in [1.54, 1.807) is 0 Å². The van der Waals surface area contributed by atoms with Crippen LogP contribution in [-0.4, -0.2) is 54.8 Å². The van der Waals surface area contributed by atoms with Gasteiger partial charge in [0.15, 0.2) is 0 Å². The lowest BCUT2D eigenvalue weighted by Gasteiger charge is -2.63. The first-order valence-electron chi connectivity index (χ1n) is 6.94. The highest BCUT2D eigenvalue weighted by Crippen LogP contribution is 2.58. The smallest absolute Gasteiger partial charge is 0.0691 e. The van der Waals surface area contributed by atoms with Crippen molar-refractivity contribution in [1.29, 1.82) is 0 Å². The third kappa shape index (κ3) is 2.01. The monoisotopic (exact) mass is 272 g/mol. The summed E-state index contributed by atoms with van der Waals surface area (Å²) in [5, 5.41) is 0. The second-order valence-electron chi connectivity index (χ2n) is 6.67. The van der Waals surface area contributed by atoms with Crippen molar-refractivity contribution in [3.8, 4) is 0 Å². The molecule has 0 bridgehead atoms. The lowest BCUT2D eigenvalue weighted by atomic mass is 9.48. The number of fused-ring (bicyclic) bond motifs is 1. The normalized spacial score (nSPS) is 39.5. The number of rotatable bonds is 5. The van der Waals surface area contributed by atoms with Crippen LogP contribution in [0.4, 0.5) is 0 Å². The van der Waals surface area contributed by atoms with Crippen molar-refractivity contribution in [3.63, 3.8) is 0 Å². The fraction of sp³-hybridized carbons (Fsp3) is 1.00. The van der Waals surface area contributed by atoms with Crippen LogP contribution >= 0.6 is 11.8 Å². The molecule has 0 amide bonds. The quantitative estimate of drug-likeness (QED) is 0.828. The lowest BCUT2D eigenvalue weighted by molar-refractivity contribution is -0.163. The summed E-state index contributed by atoms with van der Waals surface area (Å²) in [6.07, 6.45) is 3.68. The molecule has 1 saturated heterocycles. The maximum atomic E-state index is 6.77. The van der Waals surface area contributed by atoms with Gasteiger partial charge in [0.2, 0.25) is 0 Å². The Morgan fingerprint density at radius 3 is 2.78 bits per heavy atom. The van der Waals surface area contributed by atoms with Crippen molar-refractivity contribution < 1.29 is 4.74 Å². The van der Waals surface area contributed by atoms with Crippen molar-refractivity contribution in [2.45, 2.75) is 44.9 Å². The van der Waals surface area contributed by atoms with E-state index in [2.05, 4.69) is 39.0 Å². The van der Waals surface area contributed by atoms with E-state index in [9.17, 15) is 0 Å². The van der Waals surface area contributed by atoms with Gasteiger partial charge < -0.3 is 15.4 Å². The summed E-state index contributed by atoms with van der Waals surface area (Å²) in [5.74, 6) is 1.72. The molecule has 4 heteroatoms. The van der Waals surface area contributed by atoms with Gasteiger partial charge in [0.1, 0.15) is 0 Å². The van der Waals surface area contributed by atoms with Crippen molar-refractivity contribution in [1.82, 2.24) is 4.90 Å². The zero-order valence-electron chi connectivity index (χ0n) is 12.4. The molecular formula is C14H28N2OS. The van der Waals surface area contributed by atoms with Crippen LogP contribution in [0.15, 0.2) is 0 Å². The Labute approximate surface area is 116 Å². The molecule has 2 N–H and O–H groups in total. The summed E-state index contributed by atoms with van der Waals surface area (Å²) in [4.78, 5) is 2.42. The number of hydrogen-bond donors (Lipinski definition) is 1. The van der Waals surface area contributed by atoms with E-state index in [0.717, 1.165) is 25.3 Å². The van der Waals surface area contributed by atoms with Gasteiger partial charge in [-0.15, -0.1) is 0 Å². The number of hydrogen-bond acceptors (Lipinski definition) is 4. The minimum atomic E-state index is -0.0877. The third-order valence-corrected chi connectivity index (χ3v) is 6.15. The molecule has 4 unspecified atom stereocenters. The van der Waals surface area contributed by atoms with E-state index in [-0.39, 0.29) is 11.0 Å². The highest BCUT2D eigenvalue weighted by molar-refractivity contribution is 7.98. The van der Waals surface area contributed by atoms with Gasteiger partial charge in [-0.2, -0.15) is 11.8 Å². The highest BCUT2D eigenvalue weighted by atomic mass is 32.2. The number of likely N-dealkylation sites (N-methyl/N-ethyl adjacent to an activating group) is 1. The molecule has 1 saturated carbocycles. The zero-order chi connectivity index (χ0) is 13.6. The van der Waals surface area contributed by atoms with Gasteiger partial charge in [-0.3, -0.25) is 0 Å². The topological polar surface area (TPSA) is 38.5 Å². The molecule has 4 atom stereocenters. The maximum absolute atomic E-state index is 6.77. The second-order valence-corrected chi connectivity index (χ2v) is 7.58. The molecule has 0 aromatic carbocycles. The summed E-state index contributed by atoms with van der Waals surface area (Å²) in [6, 6.07) is 0.581. The molecule has 0 spiro atoms. The molecule has 0 aromatic heterocycles. The first kappa shape index (κ1) is 14.6. The van der Waals surface area contributed by atoms with E-state index >= 15 is 0 Å². The summed E-state index contributed by atoms with van der Waals surface area (Å²) in [5.41, 5.74) is 6.78. The van der Waals surface area contributed by atoms with Crippen molar-refractivity contribution in [3.05, 3.63) is 0 Å². The fourth-order valence-electron chi connectivity index (χ4n) is 3.73. The van der Waals surface area contributed by atoms with Gasteiger partial charge in [0, 0.05) is 41.8 Å². The van der Waals surface area contributed by atoms with Crippen LogP contribution in [0.2, 0.25) is 0 Å². The molecule has 1 aliphatic heterocycles. The Hall–Kier alpha value is 0.230. The second kappa shape index (κ2) is 4.97. The number of nitrogens with two attached hydrogens (primary N) is 1. The van der Waals surface area contributed by atoms with E-state index in [4.69, 9.17) is 10.5 Å². The number of ether oxygens (including phenoxy) is 1. The summed E-state index contributed by atoms with van der Waals surface area (Å²) in [6.45, 7) is 8.70. The maximum Gasteiger partial charge on any atom is 0.0691 e. The zero-order valence-corrected chi connectivity index (χ0v) is 13.2. The minimum absolute atomic E-state index is 0.0877. The molecule has 2 aliphatic rings. The van der Waals surface area contributed by atoms with Crippen molar-refractivity contribution in [2.24, 2.45) is 17.1 Å². The molecule has 0 radical (unpaired) electrons. The first-order valence-corrected chi connectivity index (χ1v) is 8.33. The van der Waals surface area contributed by atoms with Crippen LogP contribution in [0, 0.1) is 11.3 Å². The van der Waals surface area contributed by atoms with Crippen molar-refractivity contribution in [2.75, 3.05) is 32.2 Å². The van der Waals surface area contributed by atoms with Crippen LogP contribution in [0.5, 0.6) is 0 Å². The van der Waals surface area contributed by atoms with Crippen LogP contribution in [0.3, 0.4) is 0 Å². The standard InChI is InChI=1S/C14H28N2OS/c1-10(8-18-5)16(4)9-14(15)11-6-7-17-12(11)13(14,2)3/h10-12H,6-9,15H2,1-5H3. The average Bonchev–Trinajstić information content (AvgIpc) is 2.77. The first-order chi connectivity index (χ1) is 8.34. The van der Waals surface area contributed by atoms with E-state index < -0.39 is 0 Å². The van der Waals surface area contributed by atoms with E-state index in [1.807, 2.05) is 11.8 Å². The summed E-state index contributed by atoms with van der Waals surface area (Å²) in [7, 11) is 2.20. The van der Waals surface area contributed by atoms with Crippen LogP contribution in [0.1, 0.15) is 27.2 Å². The van der Waals surface area contributed by atoms with Gasteiger partial charge >= 0.3 is 0 Å². The Balaban J connectivity index is 2.03. The molecule has 3 nitrogen and oxygen atoms in total. The van der Waals surface area contributed by atoms with Gasteiger partial charge in [-0.1, -0.05) is 13.8 Å². The Bertz CT molecular complexity index is 310. The summed E-state index contributed by atoms with van der Waals surface area (Å²) >= 11 is 1.90. The van der Waals surface area contributed by atoms with Gasteiger partial charge in [0.05, 0.1) is 6.10 Å². The Morgan fingerprint density at radius 1 is 1.50 bits per heavy atom. The molecule has 2 rings (SSSR count). The van der Waals surface area contributed by atoms with Gasteiger partial charge in [0.25, 0.3) is 0 Å². The molecule has 18 heavy (non-hydrogen) atoms. The molecule has 0 aromatic rings. The third-order valence-electron chi connectivity index (χ3n) is 5.34. The van der Waals surface area contributed by atoms with Crippen LogP contribution in [-0.2, 0) is 4.74 Å². The van der Waals surface area contributed by atoms with Gasteiger partial charge in [-0.05, 0) is 26.6 Å². The number of nitrogens with zero attached hydrogens (tertiary/aromatic N) is 1.